The zero-order chi connectivity index (χ0) is 19.7. The third kappa shape index (κ3) is 3.71. The Bertz CT molecular complexity index is 920. The van der Waals surface area contributed by atoms with Gasteiger partial charge in [0.05, 0.1) is 11.7 Å². The SMILES string of the molecule is CC1Oc2ccccc2N(CCC(=O)NC2CCSc3ccc(F)cc32)C1=O. The van der Waals surface area contributed by atoms with E-state index in [0.29, 0.717) is 11.4 Å². The Balaban J connectivity index is 1.43. The number of hydrogen-bond donors (Lipinski definition) is 1. The van der Waals surface area contributed by atoms with Crippen LogP contribution in [0.15, 0.2) is 47.4 Å². The standard InChI is InChI=1S/C21H21FN2O3S/c1-13-21(26)24(17-4-2-3-5-18(17)27-13)10-8-20(25)23-16-9-11-28-19-7-6-14(22)12-15(16)19/h2-7,12-13,16H,8-11H2,1H3,(H,23,25). The number of benzene rings is 2. The molecule has 2 heterocycles. The van der Waals surface area contributed by atoms with E-state index in [1.807, 2.05) is 24.3 Å². The number of thioether (sulfide) groups is 1. The Kier molecular flexibility index (Phi) is 5.26. The van der Waals surface area contributed by atoms with Gasteiger partial charge in [0.2, 0.25) is 5.91 Å². The smallest absolute Gasteiger partial charge is 0.267 e. The number of nitrogens with one attached hydrogen (secondary N) is 1. The number of anilines is 1. The van der Waals surface area contributed by atoms with Gasteiger partial charge in [-0.3, -0.25) is 9.59 Å². The summed E-state index contributed by atoms with van der Waals surface area (Å²) in [6.07, 6.45) is 0.341. The van der Waals surface area contributed by atoms with Crippen molar-refractivity contribution >= 4 is 29.3 Å². The van der Waals surface area contributed by atoms with Crippen LogP contribution in [0.2, 0.25) is 0 Å². The number of para-hydroxylation sites is 2. The molecule has 1 N–H and O–H groups in total. The molecule has 0 bridgehead atoms. The molecule has 2 aromatic carbocycles. The van der Waals surface area contributed by atoms with Gasteiger partial charge in [-0.1, -0.05) is 12.1 Å². The average Bonchev–Trinajstić information content (AvgIpc) is 2.69. The Morgan fingerprint density at radius 2 is 2.14 bits per heavy atom. The summed E-state index contributed by atoms with van der Waals surface area (Å²) in [7, 11) is 0. The van der Waals surface area contributed by atoms with Gasteiger partial charge in [0.15, 0.2) is 6.10 Å². The highest BCUT2D eigenvalue weighted by Gasteiger charge is 2.31. The molecule has 2 aliphatic rings. The fourth-order valence-corrected chi connectivity index (χ4v) is 4.69. The topological polar surface area (TPSA) is 58.6 Å². The van der Waals surface area contributed by atoms with Gasteiger partial charge in [0.25, 0.3) is 5.91 Å². The Morgan fingerprint density at radius 1 is 1.32 bits per heavy atom. The quantitative estimate of drug-likeness (QED) is 0.851. The lowest BCUT2D eigenvalue weighted by Crippen LogP contribution is -2.46. The van der Waals surface area contributed by atoms with Crippen molar-refractivity contribution in [1.29, 1.82) is 0 Å². The predicted octanol–water partition coefficient (Wildman–Crippen LogP) is 3.68. The first-order valence-corrected chi connectivity index (χ1v) is 10.3. The third-order valence-corrected chi connectivity index (χ3v) is 6.11. The van der Waals surface area contributed by atoms with E-state index in [9.17, 15) is 14.0 Å². The van der Waals surface area contributed by atoms with Crippen molar-refractivity contribution in [3.63, 3.8) is 0 Å². The lowest BCUT2D eigenvalue weighted by atomic mass is 10.0. The molecule has 2 aromatic rings. The van der Waals surface area contributed by atoms with Gasteiger partial charge in [-0.15, -0.1) is 11.8 Å². The van der Waals surface area contributed by atoms with Crippen LogP contribution >= 0.6 is 11.8 Å². The molecule has 2 amide bonds. The first-order chi connectivity index (χ1) is 13.5. The number of halogens is 1. The molecule has 5 nitrogen and oxygen atoms in total. The van der Waals surface area contributed by atoms with Crippen LogP contribution in [0.1, 0.15) is 31.4 Å². The molecular formula is C21H21FN2O3S. The van der Waals surface area contributed by atoms with Crippen LogP contribution in [0, 0.1) is 5.82 Å². The maximum Gasteiger partial charge on any atom is 0.267 e. The first kappa shape index (κ1) is 18.8. The van der Waals surface area contributed by atoms with E-state index in [1.54, 1.807) is 29.7 Å². The van der Waals surface area contributed by atoms with E-state index < -0.39 is 6.10 Å². The highest BCUT2D eigenvalue weighted by atomic mass is 32.2. The summed E-state index contributed by atoms with van der Waals surface area (Å²) in [5, 5.41) is 3.00. The number of nitrogens with zero attached hydrogens (tertiary/aromatic N) is 1. The van der Waals surface area contributed by atoms with Crippen molar-refractivity contribution in [2.45, 2.75) is 36.8 Å². The average molecular weight is 400 g/mol. The summed E-state index contributed by atoms with van der Waals surface area (Å²) in [4.78, 5) is 27.7. The molecule has 0 aliphatic carbocycles. The van der Waals surface area contributed by atoms with Crippen molar-refractivity contribution < 1.29 is 18.7 Å². The molecule has 2 atom stereocenters. The van der Waals surface area contributed by atoms with E-state index in [-0.39, 0.29) is 36.6 Å². The van der Waals surface area contributed by atoms with Gasteiger partial charge in [-0.05, 0) is 49.2 Å². The molecule has 28 heavy (non-hydrogen) atoms. The van der Waals surface area contributed by atoms with E-state index in [1.165, 1.54) is 12.1 Å². The number of carbonyl (C=O) groups excluding carboxylic acids is 2. The fraction of sp³-hybridized carbons (Fsp3) is 0.333. The van der Waals surface area contributed by atoms with Crippen LogP contribution in [0.3, 0.4) is 0 Å². The van der Waals surface area contributed by atoms with Crippen molar-refractivity contribution in [1.82, 2.24) is 5.32 Å². The summed E-state index contributed by atoms with van der Waals surface area (Å²) in [5.41, 5.74) is 1.51. The highest BCUT2D eigenvalue weighted by molar-refractivity contribution is 7.99. The van der Waals surface area contributed by atoms with Crippen LogP contribution < -0.4 is 15.0 Å². The number of ether oxygens (including phenoxy) is 1. The number of carbonyl (C=O) groups is 2. The van der Waals surface area contributed by atoms with Crippen molar-refractivity contribution in [2.75, 3.05) is 17.2 Å². The maximum absolute atomic E-state index is 13.6. The van der Waals surface area contributed by atoms with Crippen LogP contribution in [0.4, 0.5) is 10.1 Å². The molecule has 2 unspecified atom stereocenters. The van der Waals surface area contributed by atoms with Gasteiger partial charge in [0.1, 0.15) is 11.6 Å². The second-order valence-corrected chi connectivity index (χ2v) is 8.04. The van der Waals surface area contributed by atoms with Gasteiger partial charge in [-0.2, -0.15) is 0 Å². The molecule has 0 saturated heterocycles. The van der Waals surface area contributed by atoms with Crippen molar-refractivity contribution in [3.05, 3.63) is 53.8 Å². The van der Waals surface area contributed by atoms with Crippen LogP contribution in [-0.4, -0.2) is 30.2 Å². The van der Waals surface area contributed by atoms with E-state index in [0.717, 1.165) is 22.6 Å². The zero-order valence-corrected chi connectivity index (χ0v) is 16.3. The lowest BCUT2D eigenvalue weighted by molar-refractivity contribution is -0.125. The summed E-state index contributed by atoms with van der Waals surface area (Å²) in [6, 6.07) is 11.8. The van der Waals surface area contributed by atoms with Crippen molar-refractivity contribution in [3.8, 4) is 5.75 Å². The minimum Gasteiger partial charge on any atom is -0.479 e. The minimum atomic E-state index is -0.580. The predicted molar refractivity (Wildman–Crippen MR) is 106 cm³/mol. The largest absolute Gasteiger partial charge is 0.479 e. The van der Waals surface area contributed by atoms with Crippen LogP contribution in [0.25, 0.3) is 0 Å². The Labute approximate surface area is 167 Å². The number of rotatable bonds is 4. The molecule has 4 rings (SSSR count). The summed E-state index contributed by atoms with van der Waals surface area (Å²) < 4.78 is 19.3. The molecule has 7 heteroatoms. The molecule has 2 aliphatic heterocycles. The Hall–Kier alpha value is -2.54. The monoisotopic (exact) mass is 400 g/mol. The maximum atomic E-state index is 13.6. The normalized spacial score (nSPS) is 20.8. The number of hydrogen-bond acceptors (Lipinski definition) is 4. The van der Waals surface area contributed by atoms with Gasteiger partial charge in [-0.25, -0.2) is 4.39 Å². The number of fused-ring (bicyclic) bond motifs is 2. The third-order valence-electron chi connectivity index (χ3n) is 4.98. The second-order valence-electron chi connectivity index (χ2n) is 6.91. The van der Waals surface area contributed by atoms with E-state index in [4.69, 9.17) is 4.74 Å². The van der Waals surface area contributed by atoms with Crippen LogP contribution in [-0.2, 0) is 9.59 Å². The van der Waals surface area contributed by atoms with Crippen LogP contribution in [0.5, 0.6) is 5.75 Å². The van der Waals surface area contributed by atoms with E-state index in [2.05, 4.69) is 5.32 Å². The molecule has 0 fully saturated rings. The van der Waals surface area contributed by atoms with Gasteiger partial charge >= 0.3 is 0 Å². The zero-order valence-electron chi connectivity index (χ0n) is 15.5. The molecule has 0 aromatic heterocycles. The van der Waals surface area contributed by atoms with Gasteiger partial charge in [0, 0.05) is 23.6 Å². The highest BCUT2D eigenvalue weighted by Crippen LogP contribution is 2.37. The summed E-state index contributed by atoms with van der Waals surface area (Å²) >= 11 is 1.67. The number of amides is 2. The Morgan fingerprint density at radius 3 is 3.00 bits per heavy atom. The second kappa shape index (κ2) is 7.83. The van der Waals surface area contributed by atoms with Crippen molar-refractivity contribution in [2.24, 2.45) is 0 Å². The molecular weight excluding hydrogens is 379 g/mol. The van der Waals surface area contributed by atoms with E-state index >= 15 is 0 Å². The summed E-state index contributed by atoms with van der Waals surface area (Å²) in [6.45, 7) is 1.98. The lowest BCUT2D eigenvalue weighted by Gasteiger charge is -2.33. The van der Waals surface area contributed by atoms with Gasteiger partial charge < -0.3 is 15.0 Å². The molecule has 0 spiro atoms. The first-order valence-electron chi connectivity index (χ1n) is 9.31. The molecule has 0 saturated carbocycles. The minimum absolute atomic E-state index is 0.156. The molecule has 0 radical (unpaired) electrons. The fourth-order valence-electron chi connectivity index (χ4n) is 3.58. The summed E-state index contributed by atoms with van der Waals surface area (Å²) in [5.74, 6) is 0.898. The molecule has 146 valence electrons.